The molecule has 2 amide bonds. The first-order valence-electron chi connectivity index (χ1n) is 8.47. The number of carbonyl (C=O) groups is 3. The number of pyridine rings is 1. The van der Waals surface area contributed by atoms with Crippen molar-refractivity contribution >= 4 is 23.4 Å². The molecule has 1 atom stereocenters. The standard InChI is InChI=1S/C18H22N4O5/c1-10(2)6-13(18(26)27)21-15(23)9-20-16(24)12-8-19-14-7-11(3)4-5-22(14)17(12)25/h4-5,7-8,10,13H,6,9H2,1-3H3,(H,20,24)(H,21,23)(H,26,27)/t13-/m0/s1. The van der Waals surface area contributed by atoms with E-state index >= 15 is 0 Å². The maximum Gasteiger partial charge on any atom is 0.326 e. The lowest BCUT2D eigenvalue weighted by Crippen LogP contribution is -2.46. The molecule has 0 radical (unpaired) electrons. The molecule has 144 valence electrons. The molecule has 0 fully saturated rings. The van der Waals surface area contributed by atoms with E-state index in [1.54, 1.807) is 12.1 Å². The number of aryl methyl sites for hydroxylation is 1. The number of fused-ring (bicyclic) bond motifs is 1. The van der Waals surface area contributed by atoms with Crippen molar-refractivity contribution < 1.29 is 19.5 Å². The van der Waals surface area contributed by atoms with Gasteiger partial charge < -0.3 is 15.7 Å². The fourth-order valence-corrected chi connectivity index (χ4v) is 2.53. The average molecular weight is 374 g/mol. The second kappa shape index (κ2) is 8.43. The number of nitrogens with zero attached hydrogens (tertiary/aromatic N) is 2. The molecule has 2 heterocycles. The summed E-state index contributed by atoms with van der Waals surface area (Å²) in [6, 6.07) is 2.38. The number of aromatic nitrogens is 2. The number of carboxylic acids is 1. The maximum atomic E-state index is 12.4. The summed E-state index contributed by atoms with van der Waals surface area (Å²) < 4.78 is 1.24. The third-order valence-electron chi connectivity index (χ3n) is 3.86. The van der Waals surface area contributed by atoms with E-state index in [-0.39, 0.29) is 17.9 Å². The second-order valence-corrected chi connectivity index (χ2v) is 6.68. The van der Waals surface area contributed by atoms with E-state index in [0.717, 1.165) is 11.8 Å². The van der Waals surface area contributed by atoms with E-state index in [1.807, 2.05) is 20.8 Å². The molecule has 0 bridgehead atoms. The van der Waals surface area contributed by atoms with E-state index in [4.69, 9.17) is 5.11 Å². The van der Waals surface area contributed by atoms with Crippen LogP contribution in [0, 0.1) is 12.8 Å². The predicted octanol–water partition coefficient (Wildman–Crippen LogP) is 0.348. The summed E-state index contributed by atoms with van der Waals surface area (Å²) in [4.78, 5) is 51.8. The van der Waals surface area contributed by atoms with Gasteiger partial charge in [-0.3, -0.25) is 18.8 Å². The zero-order valence-electron chi connectivity index (χ0n) is 15.4. The number of carbonyl (C=O) groups excluding carboxylic acids is 2. The highest BCUT2D eigenvalue weighted by Gasteiger charge is 2.21. The van der Waals surface area contributed by atoms with E-state index in [1.165, 1.54) is 10.6 Å². The molecule has 27 heavy (non-hydrogen) atoms. The fourth-order valence-electron chi connectivity index (χ4n) is 2.53. The molecule has 0 saturated carbocycles. The Kier molecular flexibility index (Phi) is 6.27. The van der Waals surface area contributed by atoms with E-state index in [9.17, 15) is 19.2 Å². The van der Waals surface area contributed by atoms with Crippen LogP contribution in [-0.4, -0.2) is 44.9 Å². The number of amides is 2. The van der Waals surface area contributed by atoms with Crippen LogP contribution < -0.4 is 16.2 Å². The lowest BCUT2D eigenvalue weighted by Gasteiger charge is -2.16. The summed E-state index contributed by atoms with van der Waals surface area (Å²) in [5.41, 5.74) is 0.569. The summed E-state index contributed by atoms with van der Waals surface area (Å²) in [5, 5.41) is 13.8. The molecule has 0 saturated heterocycles. The van der Waals surface area contributed by atoms with Gasteiger partial charge in [0.05, 0.1) is 6.54 Å². The smallest absolute Gasteiger partial charge is 0.326 e. The Hall–Kier alpha value is -3.23. The summed E-state index contributed by atoms with van der Waals surface area (Å²) in [6.45, 7) is 5.09. The highest BCUT2D eigenvalue weighted by molar-refractivity contribution is 5.96. The summed E-state index contributed by atoms with van der Waals surface area (Å²) in [6.07, 6.45) is 2.94. The summed E-state index contributed by atoms with van der Waals surface area (Å²) in [5.74, 6) is -2.47. The SMILES string of the molecule is Cc1ccn2c(=O)c(C(=O)NCC(=O)N[C@@H](CC(C)C)C(=O)O)cnc2c1. The first-order chi connectivity index (χ1) is 12.7. The molecule has 2 rings (SSSR count). The van der Waals surface area contributed by atoms with Gasteiger partial charge in [0.1, 0.15) is 17.3 Å². The molecule has 0 spiro atoms. The zero-order chi connectivity index (χ0) is 20.1. The molecule has 9 nitrogen and oxygen atoms in total. The number of hydrogen-bond donors (Lipinski definition) is 3. The Bertz CT molecular complexity index is 935. The van der Waals surface area contributed by atoms with Crippen LogP contribution in [0.1, 0.15) is 36.2 Å². The van der Waals surface area contributed by atoms with Gasteiger partial charge in [-0.1, -0.05) is 13.8 Å². The van der Waals surface area contributed by atoms with Crippen molar-refractivity contribution in [1.29, 1.82) is 0 Å². The number of rotatable bonds is 7. The molecule has 0 unspecified atom stereocenters. The van der Waals surface area contributed by atoms with Crippen LogP contribution in [0.4, 0.5) is 0 Å². The fraction of sp³-hybridized carbons (Fsp3) is 0.389. The van der Waals surface area contributed by atoms with Crippen molar-refractivity contribution in [2.75, 3.05) is 6.54 Å². The molecule has 2 aromatic rings. The molecule has 9 heteroatoms. The monoisotopic (exact) mass is 374 g/mol. The molecular weight excluding hydrogens is 352 g/mol. The third kappa shape index (κ3) is 5.13. The highest BCUT2D eigenvalue weighted by Crippen LogP contribution is 2.05. The average Bonchev–Trinajstić information content (AvgIpc) is 2.58. The Morgan fingerprint density at radius 3 is 2.63 bits per heavy atom. The highest BCUT2D eigenvalue weighted by atomic mass is 16.4. The van der Waals surface area contributed by atoms with Crippen LogP contribution in [0.2, 0.25) is 0 Å². The zero-order valence-corrected chi connectivity index (χ0v) is 15.4. The van der Waals surface area contributed by atoms with Crippen molar-refractivity contribution in [3.8, 4) is 0 Å². The molecule has 3 N–H and O–H groups in total. The molecule has 0 aromatic carbocycles. The molecular formula is C18H22N4O5. The Morgan fingerprint density at radius 2 is 2.00 bits per heavy atom. The Morgan fingerprint density at radius 1 is 1.30 bits per heavy atom. The maximum absolute atomic E-state index is 12.4. The number of hydrogen-bond acceptors (Lipinski definition) is 5. The van der Waals surface area contributed by atoms with Gasteiger partial charge in [0.2, 0.25) is 5.91 Å². The summed E-state index contributed by atoms with van der Waals surface area (Å²) >= 11 is 0. The van der Waals surface area contributed by atoms with Crippen LogP contribution in [0.25, 0.3) is 5.65 Å². The Balaban J connectivity index is 2.05. The number of aliphatic carboxylic acids is 1. The van der Waals surface area contributed by atoms with Crippen LogP contribution in [0.15, 0.2) is 29.3 Å². The summed E-state index contributed by atoms with van der Waals surface area (Å²) in [7, 11) is 0. The van der Waals surface area contributed by atoms with Crippen LogP contribution >= 0.6 is 0 Å². The van der Waals surface area contributed by atoms with Gasteiger partial charge in [-0.25, -0.2) is 9.78 Å². The molecule has 0 aliphatic heterocycles. The first-order valence-corrected chi connectivity index (χ1v) is 8.47. The van der Waals surface area contributed by atoms with Gasteiger partial charge in [0.15, 0.2) is 0 Å². The van der Waals surface area contributed by atoms with Gasteiger partial charge in [0.25, 0.3) is 11.5 Å². The van der Waals surface area contributed by atoms with E-state index in [2.05, 4.69) is 15.6 Å². The predicted molar refractivity (Wildman–Crippen MR) is 97.6 cm³/mol. The molecule has 2 aromatic heterocycles. The number of nitrogens with one attached hydrogen (secondary N) is 2. The van der Waals surface area contributed by atoms with Crippen LogP contribution in [-0.2, 0) is 9.59 Å². The van der Waals surface area contributed by atoms with Crippen molar-refractivity contribution in [3.05, 3.63) is 46.0 Å². The van der Waals surface area contributed by atoms with E-state index in [0.29, 0.717) is 5.65 Å². The lowest BCUT2D eigenvalue weighted by atomic mass is 10.0. The molecule has 0 aliphatic carbocycles. The lowest BCUT2D eigenvalue weighted by molar-refractivity contribution is -0.142. The quantitative estimate of drug-likeness (QED) is 0.641. The molecule has 0 aliphatic rings. The van der Waals surface area contributed by atoms with Gasteiger partial charge in [-0.05, 0) is 37.0 Å². The number of carboxylic acid groups (broad SMARTS) is 1. The topological polar surface area (TPSA) is 130 Å². The first kappa shape index (κ1) is 20.1. The second-order valence-electron chi connectivity index (χ2n) is 6.68. The minimum absolute atomic E-state index is 0.0772. The Labute approximate surface area is 155 Å². The van der Waals surface area contributed by atoms with Gasteiger partial charge in [-0.2, -0.15) is 0 Å². The van der Waals surface area contributed by atoms with Gasteiger partial charge in [-0.15, -0.1) is 0 Å². The van der Waals surface area contributed by atoms with Crippen molar-refractivity contribution in [2.24, 2.45) is 5.92 Å². The largest absolute Gasteiger partial charge is 0.480 e. The van der Waals surface area contributed by atoms with Crippen LogP contribution in [0.3, 0.4) is 0 Å². The van der Waals surface area contributed by atoms with Gasteiger partial charge in [0, 0.05) is 12.4 Å². The van der Waals surface area contributed by atoms with Gasteiger partial charge >= 0.3 is 5.97 Å². The van der Waals surface area contributed by atoms with Crippen molar-refractivity contribution in [1.82, 2.24) is 20.0 Å². The van der Waals surface area contributed by atoms with Crippen molar-refractivity contribution in [3.63, 3.8) is 0 Å². The minimum Gasteiger partial charge on any atom is -0.480 e. The normalized spacial score (nSPS) is 12.0. The minimum atomic E-state index is -1.14. The third-order valence-corrected chi connectivity index (χ3v) is 3.86. The van der Waals surface area contributed by atoms with Crippen molar-refractivity contribution in [2.45, 2.75) is 33.2 Å². The van der Waals surface area contributed by atoms with E-state index < -0.39 is 35.9 Å². The van der Waals surface area contributed by atoms with Crippen LogP contribution in [0.5, 0.6) is 0 Å².